The third kappa shape index (κ3) is 30.6. The Hall–Kier alpha value is 0.537. The van der Waals surface area contributed by atoms with Crippen LogP contribution in [0, 0.1) is 0 Å². The summed E-state index contributed by atoms with van der Waals surface area (Å²) in [5.41, 5.74) is 0. The van der Waals surface area contributed by atoms with Gasteiger partial charge in [-0.2, -0.15) is 0 Å². The van der Waals surface area contributed by atoms with Crippen LogP contribution in [0.4, 0.5) is 0 Å². The van der Waals surface area contributed by atoms with Crippen LogP contribution in [0.3, 0.4) is 0 Å². The first-order valence-corrected chi connectivity index (χ1v) is 31.0. The molecule has 0 heterocycles. The van der Waals surface area contributed by atoms with Crippen LogP contribution in [0.2, 0.25) is 17.7 Å². The second-order valence-corrected chi connectivity index (χ2v) is 28.0. The fraction of sp³-hybridized carbons (Fsp3) is 0.944. The van der Waals surface area contributed by atoms with Gasteiger partial charge in [-0.25, -0.2) is 0 Å². The molecule has 0 N–H and O–H groups in total. The quantitative estimate of drug-likeness (QED) is 0.0490. The van der Waals surface area contributed by atoms with E-state index >= 15 is 0 Å². The number of carbonyl (C=O) groups is 2. The maximum absolute atomic E-state index is 12.8. The van der Waals surface area contributed by atoms with Gasteiger partial charge in [-0.05, 0) is 0 Å². The Morgan fingerprint density at radius 3 is 0.810 bits per heavy atom. The Bertz CT molecular complexity index is 505. The van der Waals surface area contributed by atoms with Crippen molar-refractivity contribution >= 4 is 52.3 Å². The van der Waals surface area contributed by atoms with E-state index in [-0.39, 0.29) is 24.8 Å². The molecular formula is C36H74O4Sn2. The van der Waals surface area contributed by atoms with Crippen molar-refractivity contribution < 1.29 is 15.7 Å². The summed E-state index contributed by atoms with van der Waals surface area (Å²) < 4.78 is 17.0. The number of hydrogen-bond acceptors (Lipinski definition) is 4. The van der Waals surface area contributed by atoms with Crippen LogP contribution in [0.25, 0.3) is 0 Å². The molecule has 0 unspecified atom stereocenters. The van der Waals surface area contributed by atoms with Crippen molar-refractivity contribution in [3.05, 3.63) is 0 Å². The standard InChI is InChI=1S/4C8H17.C4H6O4.2Sn.2H/c4*1-3-5-7-8-6-4-2;5-3(6)1-2-4(7)8;;;;/h4*1,3-8H2,2H3;1-2H2,(H,5,6)(H,7,8);;;;/q;;;;;2*+1;;/p-2. The predicted molar refractivity (Wildman–Crippen MR) is 188 cm³/mol. The normalized spacial score (nSPS) is 11.5. The fourth-order valence-corrected chi connectivity index (χ4v) is 20.1. The van der Waals surface area contributed by atoms with Crippen molar-refractivity contribution in [2.45, 2.75) is 212 Å². The summed E-state index contributed by atoms with van der Waals surface area (Å²) in [6.45, 7) is 9.04. The average molecular weight is 808 g/mol. The van der Waals surface area contributed by atoms with Crippen molar-refractivity contribution in [3.63, 3.8) is 0 Å². The van der Waals surface area contributed by atoms with Crippen molar-refractivity contribution in [1.82, 2.24) is 0 Å². The number of hydrogen-bond donors (Lipinski definition) is 0. The SMILES string of the molecule is CCCCCCC[CH2][SnH]([CH2]CCCCCCC)[O]C(=O)CCC(=O)[O][SnH]([CH2]CCCCCCC)[CH2]CCCCCCC. The molecule has 0 aliphatic carbocycles. The molecule has 0 saturated carbocycles. The van der Waals surface area contributed by atoms with Gasteiger partial charge in [-0.15, -0.1) is 0 Å². The second kappa shape index (κ2) is 34.4. The molecule has 0 fully saturated rings. The summed E-state index contributed by atoms with van der Waals surface area (Å²) in [4.78, 5) is 25.7. The number of rotatable bonds is 33. The first-order valence-electron chi connectivity index (χ1n) is 19.0. The Morgan fingerprint density at radius 2 is 0.571 bits per heavy atom. The van der Waals surface area contributed by atoms with Crippen LogP contribution >= 0.6 is 0 Å². The molecule has 0 rings (SSSR count). The molecule has 250 valence electrons. The first kappa shape index (κ1) is 42.5. The van der Waals surface area contributed by atoms with Gasteiger partial charge in [-0.3, -0.25) is 0 Å². The molecule has 0 bridgehead atoms. The van der Waals surface area contributed by atoms with Crippen molar-refractivity contribution in [2.75, 3.05) is 0 Å². The summed E-state index contributed by atoms with van der Waals surface area (Å²) >= 11 is -4.69. The zero-order valence-electron chi connectivity index (χ0n) is 29.0. The van der Waals surface area contributed by atoms with Crippen LogP contribution in [-0.4, -0.2) is 52.3 Å². The second-order valence-electron chi connectivity index (χ2n) is 12.9. The summed E-state index contributed by atoms with van der Waals surface area (Å²) in [6.07, 6.45) is 31.5. The van der Waals surface area contributed by atoms with E-state index in [2.05, 4.69) is 27.7 Å². The molecule has 4 nitrogen and oxygen atoms in total. The molecule has 0 aliphatic rings. The molecule has 0 aromatic carbocycles. The van der Waals surface area contributed by atoms with E-state index in [1.54, 1.807) is 0 Å². The van der Waals surface area contributed by atoms with Gasteiger partial charge in [0.15, 0.2) is 0 Å². The van der Waals surface area contributed by atoms with E-state index in [1.807, 2.05) is 0 Å². The monoisotopic (exact) mass is 810 g/mol. The van der Waals surface area contributed by atoms with Gasteiger partial charge in [0.25, 0.3) is 0 Å². The molecule has 0 aromatic rings. The summed E-state index contributed by atoms with van der Waals surface area (Å²) in [5.74, 6) is -0.216. The van der Waals surface area contributed by atoms with E-state index in [0.29, 0.717) is 0 Å². The topological polar surface area (TPSA) is 52.6 Å². The minimum atomic E-state index is -2.34. The Balaban J connectivity index is 4.59. The third-order valence-corrected chi connectivity index (χ3v) is 24.1. The van der Waals surface area contributed by atoms with Crippen LogP contribution in [0.5, 0.6) is 0 Å². The van der Waals surface area contributed by atoms with Gasteiger partial charge in [0.05, 0.1) is 0 Å². The predicted octanol–water partition coefficient (Wildman–Crippen LogP) is 11.7. The van der Waals surface area contributed by atoms with Crippen LogP contribution < -0.4 is 0 Å². The molecule has 0 spiro atoms. The fourth-order valence-electron chi connectivity index (χ4n) is 5.83. The van der Waals surface area contributed by atoms with E-state index < -0.39 is 40.3 Å². The Labute approximate surface area is 278 Å². The number of unbranched alkanes of at least 4 members (excludes halogenated alkanes) is 20. The van der Waals surface area contributed by atoms with Crippen molar-refractivity contribution in [3.8, 4) is 0 Å². The van der Waals surface area contributed by atoms with E-state index in [1.165, 1.54) is 172 Å². The van der Waals surface area contributed by atoms with E-state index in [0.717, 1.165) is 0 Å². The average Bonchev–Trinajstić information content (AvgIpc) is 2.98. The minimum absolute atomic E-state index is 0.108. The van der Waals surface area contributed by atoms with Crippen molar-refractivity contribution in [1.29, 1.82) is 0 Å². The molecular weight excluding hydrogens is 734 g/mol. The van der Waals surface area contributed by atoms with Crippen molar-refractivity contribution in [2.24, 2.45) is 0 Å². The molecule has 0 aliphatic heterocycles. The van der Waals surface area contributed by atoms with Gasteiger partial charge in [0.1, 0.15) is 0 Å². The van der Waals surface area contributed by atoms with Crippen LogP contribution in [-0.2, 0) is 15.7 Å². The molecule has 0 radical (unpaired) electrons. The van der Waals surface area contributed by atoms with E-state index in [4.69, 9.17) is 6.15 Å². The van der Waals surface area contributed by atoms with E-state index in [9.17, 15) is 9.59 Å². The maximum atomic E-state index is 12.8. The molecule has 6 heteroatoms. The van der Waals surface area contributed by atoms with Crippen LogP contribution in [0.15, 0.2) is 0 Å². The van der Waals surface area contributed by atoms with Gasteiger partial charge >= 0.3 is 280 Å². The van der Waals surface area contributed by atoms with Gasteiger partial charge in [0.2, 0.25) is 0 Å². The molecule has 0 atom stereocenters. The summed E-state index contributed by atoms with van der Waals surface area (Å²) in [7, 11) is 0. The number of carbonyl (C=O) groups excluding carboxylic acids is 2. The molecule has 0 amide bonds. The Kier molecular flexibility index (Phi) is 34.9. The summed E-state index contributed by atoms with van der Waals surface area (Å²) in [6, 6.07) is 0. The molecule has 42 heavy (non-hydrogen) atoms. The van der Waals surface area contributed by atoms with Crippen LogP contribution in [0.1, 0.15) is 195 Å². The van der Waals surface area contributed by atoms with Gasteiger partial charge in [-0.1, -0.05) is 0 Å². The Morgan fingerprint density at radius 1 is 0.357 bits per heavy atom. The first-order chi connectivity index (χ1) is 20.6. The molecule has 0 saturated heterocycles. The van der Waals surface area contributed by atoms with Gasteiger partial charge < -0.3 is 0 Å². The zero-order chi connectivity index (χ0) is 30.9. The summed E-state index contributed by atoms with van der Waals surface area (Å²) in [5, 5.41) is 0. The molecule has 0 aromatic heterocycles. The zero-order valence-corrected chi connectivity index (χ0v) is 35.6. The third-order valence-electron chi connectivity index (χ3n) is 8.65. The van der Waals surface area contributed by atoms with Gasteiger partial charge in [0, 0.05) is 0 Å².